The summed E-state index contributed by atoms with van der Waals surface area (Å²) in [5.74, 6) is 1.62. The Morgan fingerprint density at radius 3 is 2.81 bits per heavy atom. The summed E-state index contributed by atoms with van der Waals surface area (Å²) in [5, 5.41) is 7.47. The Morgan fingerprint density at radius 1 is 1.33 bits per heavy atom. The first-order chi connectivity index (χ1) is 9.81. The fraction of sp³-hybridized carbons (Fsp3) is 0.286. The van der Waals surface area contributed by atoms with Crippen molar-refractivity contribution in [2.45, 2.75) is 18.1 Å². The van der Waals surface area contributed by atoms with Gasteiger partial charge < -0.3 is 15.1 Å². The number of guanidine groups is 1. The monoisotopic (exact) mass is 418 g/mol. The highest BCUT2D eigenvalue weighted by atomic mass is 127. The minimum absolute atomic E-state index is 0. The Labute approximate surface area is 146 Å². The molecule has 0 saturated heterocycles. The number of halogens is 1. The van der Waals surface area contributed by atoms with E-state index in [1.165, 1.54) is 5.56 Å². The molecule has 0 spiro atoms. The van der Waals surface area contributed by atoms with Crippen molar-refractivity contribution in [3.05, 3.63) is 48.0 Å². The highest BCUT2D eigenvalue weighted by molar-refractivity contribution is 14.0. The third kappa shape index (κ3) is 5.96. The molecule has 0 radical (unpaired) electrons. The largest absolute Gasteiger partial charge is 0.467 e. The number of pyridine rings is 1. The molecule has 2 rings (SSSR count). The van der Waals surface area contributed by atoms with Gasteiger partial charge in [0.05, 0.1) is 17.8 Å². The maximum absolute atomic E-state index is 5.27. The highest BCUT2D eigenvalue weighted by Crippen LogP contribution is 2.12. The predicted molar refractivity (Wildman–Crippen MR) is 97.2 cm³/mol. The summed E-state index contributed by atoms with van der Waals surface area (Å²) >= 11 is 1.63. The van der Waals surface area contributed by atoms with Gasteiger partial charge in [-0.15, -0.1) is 35.7 Å². The molecular formula is C14H19IN4OS. The van der Waals surface area contributed by atoms with Crippen molar-refractivity contribution in [1.29, 1.82) is 0 Å². The molecule has 0 amide bonds. The number of thioether (sulfide) groups is 1. The average molecular weight is 418 g/mol. The van der Waals surface area contributed by atoms with E-state index in [1.807, 2.05) is 30.7 Å². The Hall–Kier alpha value is -1.22. The molecule has 0 bridgehead atoms. The van der Waals surface area contributed by atoms with Crippen LogP contribution in [0.15, 0.2) is 51.2 Å². The third-order valence-electron chi connectivity index (χ3n) is 2.70. The Balaban J connectivity index is 0.00000220. The summed E-state index contributed by atoms with van der Waals surface area (Å²) in [4.78, 5) is 8.43. The van der Waals surface area contributed by atoms with Crippen molar-refractivity contribution >= 4 is 41.7 Å². The number of aliphatic imine (C=N–C) groups is 1. The summed E-state index contributed by atoms with van der Waals surface area (Å²) < 4.78 is 5.27. The zero-order valence-corrected chi connectivity index (χ0v) is 15.1. The van der Waals surface area contributed by atoms with Gasteiger partial charge in [-0.2, -0.15) is 0 Å². The first-order valence-corrected chi connectivity index (χ1v) is 7.50. The molecule has 0 aliphatic heterocycles. The first-order valence-electron chi connectivity index (χ1n) is 6.27. The van der Waals surface area contributed by atoms with Crippen molar-refractivity contribution < 1.29 is 4.42 Å². The molecule has 0 fully saturated rings. The third-order valence-corrected chi connectivity index (χ3v) is 3.34. The van der Waals surface area contributed by atoms with Crippen LogP contribution in [-0.4, -0.2) is 24.2 Å². The molecule has 2 heterocycles. The lowest BCUT2D eigenvalue weighted by molar-refractivity contribution is 0.501. The smallest absolute Gasteiger partial charge is 0.191 e. The van der Waals surface area contributed by atoms with Gasteiger partial charge in [0.15, 0.2) is 5.96 Å². The van der Waals surface area contributed by atoms with Crippen LogP contribution in [0.2, 0.25) is 0 Å². The number of hydrogen-bond donors (Lipinski definition) is 2. The number of aromatic nitrogens is 1. The van der Waals surface area contributed by atoms with Gasteiger partial charge in [0, 0.05) is 19.8 Å². The second-order valence-electron chi connectivity index (χ2n) is 4.07. The Kier molecular flexibility index (Phi) is 8.21. The van der Waals surface area contributed by atoms with Crippen LogP contribution in [0.4, 0.5) is 0 Å². The van der Waals surface area contributed by atoms with Crippen molar-refractivity contribution in [3.8, 4) is 0 Å². The molecule has 5 nitrogen and oxygen atoms in total. The van der Waals surface area contributed by atoms with Gasteiger partial charge in [-0.25, -0.2) is 4.98 Å². The van der Waals surface area contributed by atoms with E-state index in [0.717, 1.165) is 16.7 Å². The van der Waals surface area contributed by atoms with Gasteiger partial charge in [-0.1, -0.05) is 0 Å². The fourth-order valence-electron chi connectivity index (χ4n) is 1.66. The second-order valence-corrected chi connectivity index (χ2v) is 4.89. The minimum Gasteiger partial charge on any atom is -0.467 e. The van der Waals surface area contributed by atoms with Crippen LogP contribution in [-0.2, 0) is 13.1 Å². The minimum atomic E-state index is 0. The normalized spacial score (nSPS) is 10.9. The Morgan fingerprint density at radius 2 is 2.14 bits per heavy atom. The van der Waals surface area contributed by atoms with Crippen LogP contribution in [0.1, 0.15) is 11.3 Å². The van der Waals surface area contributed by atoms with E-state index < -0.39 is 0 Å². The average Bonchev–Trinajstić information content (AvgIpc) is 3.01. The first kappa shape index (κ1) is 17.8. The lowest BCUT2D eigenvalue weighted by atomic mass is 10.3. The zero-order valence-electron chi connectivity index (χ0n) is 12.0. The maximum atomic E-state index is 5.27. The standard InChI is InChI=1S/C14H18N4OS.HI/c1-15-14(18-10-12-4-3-7-19-12)17-9-11-5-6-16-13(8-11)20-2;/h3-8H,9-10H2,1-2H3,(H2,15,17,18);1H. The van der Waals surface area contributed by atoms with Crippen LogP contribution in [0.5, 0.6) is 0 Å². The second kappa shape index (κ2) is 9.67. The molecule has 114 valence electrons. The summed E-state index contributed by atoms with van der Waals surface area (Å²) in [5.41, 5.74) is 1.17. The molecule has 7 heteroatoms. The van der Waals surface area contributed by atoms with E-state index in [-0.39, 0.29) is 24.0 Å². The summed E-state index contributed by atoms with van der Waals surface area (Å²) in [6, 6.07) is 7.85. The zero-order chi connectivity index (χ0) is 14.2. The van der Waals surface area contributed by atoms with Crippen molar-refractivity contribution in [2.24, 2.45) is 4.99 Å². The van der Waals surface area contributed by atoms with Gasteiger partial charge in [0.1, 0.15) is 5.76 Å². The van der Waals surface area contributed by atoms with Crippen molar-refractivity contribution in [1.82, 2.24) is 15.6 Å². The summed E-state index contributed by atoms with van der Waals surface area (Å²) in [6.45, 7) is 1.31. The molecule has 0 atom stereocenters. The van der Waals surface area contributed by atoms with Gasteiger partial charge in [0.25, 0.3) is 0 Å². The molecule has 21 heavy (non-hydrogen) atoms. The molecular weight excluding hydrogens is 399 g/mol. The van der Waals surface area contributed by atoms with E-state index >= 15 is 0 Å². The van der Waals surface area contributed by atoms with E-state index in [2.05, 4.69) is 26.7 Å². The number of hydrogen-bond acceptors (Lipinski definition) is 4. The topological polar surface area (TPSA) is 62.5 Å². The number of rotatable bonds is 5. The summed E-state index contributed by atoms with van der Waals surface area (Å²) in [7, 11) is 1.75. The lowest BCUT2D eigenvalue weighted by Crippen LogP contribution is -2.36. The van der Waals surface area contributed by atoms with Gasteiger partial charge >= 0.3 is 0 Å². The van der Waals surface area contributed by atoms with Crippen LogP contribution >= 0.6 is 35.7 Å². The van der Waals surface area contributed by atoms with Gasteiger partial charge in [-0.3, -0.25) is 4.99 Å². The molecule has 2 aromatic heterocycles. The Bertz CT molecular complexity index is 560. The molecule has 0 aliphatic rings. The van der Waals surface area contributed by atoms with Crippen LogP contribution in [0.3, 0.4) is 0 Å². The van der Waals surface area contributed by atoms with Gasteiger partial charge in [0.2, 0.25) is 0 Å². The molecule has 2 aromatic rings. The summed E-state index contributed by atoms with van der Waals surface area (Å²) in [6.07, 6.45) is 5.50. The number of furan rings is 1. The van der Waals surface area contributed by atoms with E-state index in [0.29, 0.717) is 13.1 Å². The SMILES string of the molecule is CN=C(NCc1ccnc(SC)c1)NCc1ccco1.I. The van der Waals surface area contributed by atoms with E-state index in [4.69, 9.17) is 4.42 Å². The maximum Gasteiger partial charge on any atom is 0.191 e. The van der Waals surface area contributed by atoms with E-state index in [1.54, 1.807) is 25.1 Å². The molecule has 2 N–H and O–H groups in total. The molecule has 0 unspecified atom stereocenters. The molecule has 0 saturated carbocycles. The highest BCUT2D eigenvalue weighted by Gasteiger charge is 2.01. The number of nitrogens with one attached hydrogen (secondary N) is 2. The number of nitrogens with zero attached hydrogens (tertiary/aromatic N) is 2. The molecule has 0 aliphatic carbocycles. The quantitative estimate of drug-likeness (QED) is 0.339. The predicted octanol–water partition coefficient (Wildman–Crippen LogP) is 2.88. The van der Waals surface area contributed by atoms with Gasteiger partial charge in [-0.05, 0) is 36.1 Å². The fourth-order valence-corrected chi connectivity index (χ4v) is 2.10. The lowest BCUT2D eigenvalue weighted by Gasteiger charge is -2.11. The van der Waals surface area contributed by atoms with E-state index in [9.17, 15) is 0 Å². The van der Waals surface area contributed by atoms with Crippen LogP contribution in [0.25, 0.3) is 0 Å². The van der Waals surface area contributed by atoms with Crippen molar-refractivity contribution in [2.75, 3.05) is 13.3 Å². The van der Waals surface area contributed by atoms with Crippen molar-refractivity contribution in [3.63, 3.8) is 0 Å². The van der Waals surface area contributed by atoms with Crippen LogP contribution in [0, 0.1) is 0 Å². The molecule has 0 aromatic carbocycles. The van der Waals surface area contributed by atoms with Crippen LogP contribution < -0.4 is 10.6 Å².